The molecule has 3 aliphatic heterocycles. The third-order valence-electron chi connectivity index (χ3n) is 6.48. The maximum Gasteiger partial charge on any atom is 0.250 e. The van der Waals surface area contributed by atoms with Crippen molar-refractivity contribution in [2.45, 2.75) is 43.4 Å². The summed E-state index contributed by atoms with van der Waals surface area (Å²) in [6, 6.07) is 0.611. The predicted molar refractivity (Wildman–Crippen MR) is 85.9 cm³/mol. The highest BCUT2D eigenvalue weighted by atomic mass is 16.2. The van der Waals surface area contributed by atoms with Crippen LogP contribution >= 0.6 is 0 Å². The summed E-state index contributed by atoms with van der Waals surface area (Å²) in [4.78, 5) is 29.5. The van der Waals surface area contributed by atoms with Gasteiger partial charge in [0, 0.05) is 6.08 Å². The summed E-state index contributed by atoms with van der Waals surface area (Å²) in [6.07, 6.45) is 4.67. The lowest BCUT2D eigenvalue weighted by Gasteiger charge is -2.42. The van der Waals surface area contributed by atoms with Gasteiger partial charge in [-0.1, -0.05) is 0 Å². The minimum Gasteiger partial charge on any atom is -0.311 e. The molecule has 124 valence electrons. The van der Waals surface area contributed by atoms with Crippen molar-refractivity contribution >= 4 is 17.5 Å². The van der Waals surface area contributed by atoms with E-state index in [1.54, 1.807) is 4.90 Å². The Bertz CT molecular complexity index is 701. The van der Waals surface area contributed by atoms with Gasteiger partial charge in [0.05, 0.1) is 27.2 Å². The van der Waals surface area contributed by atoms with Crippen molar-refractivity contribution in [3.63, 3.8) is 0 Å². The number of quaternary nitrogens is 1. The molecule has 6 heteroatoms. The lowest BCUT2D eigenvalue weighted by atomic mass is 9.81. The first-order valence-corrected chi connectivity index (χ1v) is 8.24. The molecule has 3 fully saturated rings. The molecule has 0 radical (unpaired) electrons. The summed E-state index contributed by atoms with van der Waals surface area (Å²) in [5, 5.41) is 0. The number of hydrogen-bond donors (Lipinski definition) is 0. The van der Waals surface area contributed by atoms with Crippen LogP contribution in [0.4, 0.5) is 0 Å². The summed E-state index contributed by atoms with van der Waals surface area (Å²) in [6.45, 7) is 4.15. The van der Waals surface area contributed by atoms with Gasteiger partial charge in [-0.25, -0.2) is 4.58 Å². The van der Waals surface area contributed by atoms with E-state index in [0.717, 1.165) is 4.48 Å². The molecule has 0 N–H and O–H groups in total. The second-order valence-corrected chi connectivity index (χ2v) is 8.59. The fourth-order valence-corrected chi connectivity index (χ4v) is 5.13. The Kier molecular flexibility index (Phi) is 2.49. The number of amides is 2. The van der Waals surface area contributed by atoms with Crippen LogP contribution in [0.1, 0.15) is 20.3 Å². The zero-order valence-electron chi connectivity index (χ0n) is 14.8. The Morgan fingerprint density at radius 3 is 2.48 bits per heavy atom. The van der Waals surface area contributed by atoms with Gasteiger partial charge >= 0.3 is 0 Å². The van der Waals surface area contributed by atoms with Crippen LogP contribution in [0.25, 0.3) is 0 Å². The van der Waals surface area contributed by atoms with Crippen LogP contribution in [0.2, 0.25) is 0 Å². The number of carbonyl (C=O) groups is 2. The summed E-state index contributed by atoms with van der Waals surface area (Å²) < 4.78 is 2.98. The van der Waals surface area contributed by atoms with Gasteiger partial charge in [-0.2, -0.15) is 0 Å². The lowest BCUT2D eigenvalue weighted by Crippen LogP contribution is -2.61. The first-order chi connectivity index (χ1) is 10.5. The van der Waals surface area contributed by atoms with Gasteiger partial charge in [-0.05, 0) is 19.9 Å². The highest BCUT2D eigenvalue weighted by Gasteiger charge is 2.79. The van der Waals surface area contributed by atoms with E-state index < -0.39 is 11.1 Å². The second-order valence-electron chi connectivity index (χ2n) is 8.59. The van der Waals surface area contributed by atoms with Gasteiger partial charge < -0.3 is 14.3 Å². The van der Waals surface area contributed by atoms with Crippen molar-refractivity contribution in [1.82, 2.24) is 9.80 Å². The average Bonchev–Trinajstić information content (AvgIpc) is 2.94. The quantitative estimate of drug-likeness (QED) is 0.348. The molecule has 0 aromatic heterocycles. The first kappa shape index (κ1) is 14.9. The van der Waals surface area contributed by atoms with Crippen molar-refractivity contribution in [2.75, 3.05) is 34.9 Å². The van der Waals surface area contributed by atoms with Gasteiger partial charge in [0.25, 0.3) is 0 Å². The topological polar surface area (TPSA) is 43.6 Å². The molecule has 4 rings (SSSR count). The Morgan fingerprint density at radius 1 is 1.22 bits per heavy atom. The molecule has 4 aliphatic rings. The highest BCUT2D eigenvalue weighted by molar-refractivity contribution is 6.02. The fourth-order valence-electron chi connectivity index (χ4n) is 5.13. The molecule has 1 aliphatic carbocycles. The molecule has 3 atom stereocenters. The van der Waals surface area contributed by atoms with Gasteiger partial charge in [0.2, 0.25) is 23.6 Å². The maximum absolute atomic E-state index is 13.0. The number of rotatable bonds is 0. The molecule has 0 saturated carbocycles. The molecule has 2 bridgehead atoms. The Balaban J connectivity index is 1.87. The Labute approximate surface area is 137 Å². The van der Waals surface area contributed by atoms with Crippen LogP contribution in [-0.4, -0.2) is 94.4 Å². The van der Waals surface area contributed by atoms with Crippen LogP contribution in [0.5, 0.6) is 0 Å². The van der Waals surface area contributed by atoms with Crippen LogP contribution in [0.3, 0.4) is 0 Å². The van der Waals surface area contributed by atoms with E-state index in [0.29, 0.717) is 19.1 Å². The zero-order valence-corrected chi connectivity index (χ0v) is 14.8. The number of nitrogens with zero attached hydrogens (tertiary/aromatic N) is 4. The predicted octanol–water partition coefficient (Wildman–Crippen LogP) is -0.354. The minimum absolute atomic E-state index is 0.0759. The molecule has 3 saturated heterocycles. The summed E-state index contributed by atoms with van der Waals surface area (Å²) >= 11 is 0. The molecule has 0 aromatic carbocycles. The standard InChI is InChI=1S/C17H26N4O2/c1-16(2)15(23)20-10-19(16)12(22)9-17(20)8-7-11(18(3)4)13-14(17)21(13,5)6/h7-8,13-14H,9-10H2,1-6H3/q+2. The van der Waals surface area contributed by atoms with Crippen LogP contribution in [-0.2, 0) is 9.59 Å². The highest BCUT2D eigenvalue weighted by Crippen LogP contribution is 2.54. The molecular formula is C17H26N4O2+2. The largest absolute Gasteiger partial charge is 0.311 e. The zero-order chi connectivity index (χ0) is 16.9. The van der Waals surface area contributed by atoms with Crippen molar-refractivity contribution in [3.8, 4) is 0 Å². The van der Waals surface area contributed by atoms with Crippen molar-refractivity contribution in [3.05, 3.63) is 12.2 Å². The SMILES string of the molecule is C[N+](C)=C1C=CC2(CC(=O)N3CN2C(=O)C3(C)C)C2C1[N+]2(C)C. The number of likely N-dealkylation sites (N-methyl/N-ethyl adjacent to an activating group) is 1. The van der Waals surface area contributed by atoms with Crippen LogP contribution in [0, 0.1) is 0 Å². The molecule has 23 heavy (non-hydrogen) atoms. The molecule has 3 unspecified atom stereocenters. The minimum atomic E-state index is -0.721. The normalized spacial score (nSPS) is 39.1. The van der Waals surface area contributed by atoms with Gasteiger partial charge in [-0.3, -0.25) is 9.59 Å². The van der Waals surface area contributed by atoms with Crippen LogP contribution in [0.15, 0.2) is 12.2 Å². The van der Waals surface area contributed by atoms with Gasteiger partial charge in [0.1, 0.15) is 25.2 Å². The maximum atomic E-state index is 13.0. The molecular weight excluding hydrogens is 292 g/mol. The number of fused-ring (bicyclic) bond motifs is 5. The summed E-state index contributed by atoms with van der Waals surface area (Å²) in [5.41, 5.74) is 0.0968. The van der Waals surface area contributed by atoms with E-state index in [9.17, 15) is 9.59 Å². The number of carbonyl (C=O) groups excluding carboxylic acids is 2. The Hall–Kier alpha value is -1.69. The fraction of sp³-hybridized carbons (Fsp3) is 0.706. The van der Waals surface area contributed by atoms with E-state index in [-0.39, 0.29) is 17.9 Å². The molecule has 0 aromatic rings. The third-order valence-corrected chi connectivity index (χ3v) is 6.48. The summed E-state index contributed by atoms with van der Waals surface area (Å²) in [5.74, 6) is 0.174. The van der Waals surface area contributed by atoms with E-state index >= 15 is 0 Å². The smallest absolute Gasteiger partial charge is 0.250 e. The van der Waals surface area contributed by atoms with Crippen molar-refractivity contribution in [1.29, 1.82) is 0 Å². The van der Waals surface area contributed by atoms with Gasteiger partial charge in [0.15, 0.2) is 6.04 Å². The average molecular weight is 318 g/mol. The second kappa shape index (κ2) is 3.86. The lowest BCUT2D eigenvalue weighted by molar-refractivity contribution is -0.781. The third kappa shape index (κ3) is 1.50. The van der Waals surface area contributed by atoms with E-state index in [1.165, 1.54) is 5.71 Å². The molecule has 2 amide bonds. The van der Waals surface area contributed by atoms with E-state index in [1.807, 2.05) is 18.7 Å². The molecule has 1 spiro atoms. The van der Waals surface area contributed by atoms with Gasteiger partial charge in [-0.15, -0.1) is 0 Å². The monoisotopic (exact) mass is 318 g/mol. The van der Waals surface area contributed by atoms with Crippen LogP contribution < -0.4 is 0 Å². The molecule has 3 heterocycles. The van der Waals surface area contributed by atoms with E-state index in [2.05, 4.69) is 44.9 Å². The van der Waals surface area contributed by atoms with Crippen molar-refractivity contribution < 1.29 is 18.6 Å². The molecule has 6 nitrogen and oxygen atoms in total. The van der Waals surface area contributed by atoms with E-state index in [4.69, 9.17) is 0 Å². The van der Waals surface area contributed by atoms with Crippen molar-refractivity contribution in [2.24, 2.45) is 0 Å². The number of hydrogen-bond acceptors (Lipinski definition) is 2. The summed E-state index contributed by atoms with van der Waals surface area (Å²) in [7, 11) is 8.53. The first-order valence-electron chi connectivity index (χ1n) is 8.24. The Morgan fingerprint density at radius 2 is 1.87 bits per heavy atom.